The molecule has 1 unspecified atom stereocenters. The highest BCUT2D eigenvalue weighted by molar-refractivity contribution is 6.30. The quantitative estimate of drug-likeness (QED) is 0.536. The standard InChI is InChI=1S/C20H22ClN5O2/c1-13(12-22-20(28)17-7-2-3-8-18(17)27)5-4-6-14-11-15(21)9-10-16(14)19-23-25-26-24-19/h2-3,7-11,13,27H,4-6,12H2,1H3,(H,22,28)(H,23,24,25,26). The maximum atomic E-state index is 12.2. The molecule has 7 nitrogen and oxygen atoms in total. The van der Waals surface area contributed by atoms with Crippen LogP contribution < -0.4 is 5.32 Å². The Labute approximate surface area is 168 Å². The van der Waals surface area contributed by atoms with Gasteiger partial charge in [-0.15, -0.1) is 10.2 Å². The van der Waals surface area contributed by atoms with Crippen LogP contribution in [0.1, 0.15) is 35.7 Å². The zero-order valence-corrected chi connectivity index (χ0v) is 16.3. The van der Waals surface area contributed by atoms with Crippen molar-refractivity contribution in [3.8, 4) is 17.1 Å². The molecule has 1 atom stereocenters. The number of H-pyrrole nitrogens is 1. The number of hydrogen-bond acceptors (Lipinski definition) is 5. The third kappa shape index (κ3) is 5.07. The van der Waals surface area contributed by atoms with E-state index in [0.29, 0.717) is 28.9 Å². The Kier molecular flexibility index (Phi) is 6.60. The number of aromatic nitrogens is 4. The molecule has 1 amide bonds. The second-order valence-corrected chi connectivity index (χ2v) is 7.20. The Hall–Kier alpha value is -2.93. The van der Waals surface area contributed by atoms with Crippen LogP contribution >= 0.6 is 11.6 Å². The van der Waals surface area contributed by atoms with E-state index in [1.54, 1.807) is 18.2 Å². The summed E-state index contributed by atoms with van der Waals surface area (Å²) in [6, 6.07) is 12.2. The summed E-state index contributed by atoms with van der Waals surface area (Å²) in [6.07, 6.45) is 2.68. The zero-order chi connectivity index (χ0) is 19.9. The van der Waals surface area contributed by atoms with E-state index in [0.717, 1.165) is 30.4 Å². The van der Waals surface area contributed by atoms with E-state index in [2.05, 4.69) is 32.9 Å². The smallest absolute Gasteiger partial charge is 0.255 e. The first-order valence-electron chi connectivity index (χ1n) is 9.13. The molecule has 28 heavy (non-hydrogen) atoms. The van der Waals surface area contributed by atoms with Gasteiger partial charge in [-0.1, -0.05) is 30.7 Å². The van der Waals surface area contributed by atoms with Crippen LogP contribution in [-0.2, 0) is 6.42 Å². The average Bonchev–Trinajstić information content (AvgIpc) is 3.21. The number of aromatic amines is 1. The summed E-state index contributed by atoms with van der Waals surface area (Å²) in [7, 11) is 0. The number of phenolic OH excluding ortho intramolecular Hbond substituents is 1. The molecule has 1 heterocycles. The Morgan fingerprint density at radius 1 is 1.29 bits per heavy atom. The number of tetrazole rings is 1. The molecular weight excluding hydrogens is 378 g/mol. The second kappa shape index (κ2) is 9.32. The minimum atomic E-state index is -0.265. The molecule has 0 aliphatic rings. The van der Waals surface area contributed by atoms with Crippen molar-refractivity contribution in [2.45, 2.75) is 26.2 Å². The van der Waals surface area contributed by atoms with Gasteiger partial charge in [0.1, 0.15) is 5.75 Å². The van der Waals surface area contributed by atoms with Crippen LogP contribution in [-0.4, -0.2) is 38.2 Å². The van der Waals surface area contributed by atoms with Crippen LogP contribution in [0, 0.1) is 5.92 Å². The van der Waals surface area contributed by atoms with Gasteiger partial charge in [-0.3, -0.25) is 4.79 Å². The van der Waals surface area contributed by atoms with Crippen LogP contribution in [0.15, 0.2) is 42.5 Å². The number of nitrogens with zero attached hydrogens (tertiary/aromatic N) is 3. The molecule has 0 spiro atoms. The fraction of sp³-hybridized carbons (Fsp3) is 0.300. The van der Waals surface area contributed by atoms with Crippen molar-refractivity contribution in [3.05, 3.63) is 58.6 Å². The number of amides is 1. The van der Waals surface area contributed by atoms with Crippen LogP contribution in [0.5, 0.6) is 5.75 Å². The van der Waals surface area contributed by atoms with Gasteiger partial charge >= 0.3 is 0 Å². The van der Waals surface area contributed by atoms with Crippen LogP contribution in [0.4, 0.5) is 0 Å². The molecule has 0 bridgehead atoms. The lowest BCUT2D eigenvalue weighted by Crippen LogP contribution is -2.28. The molecule has 0 aliphatic heterocycles. The Morgan fingerprint density at radius 2 is 2.11 bits per heavy atom. The van der Waals surface area contributed by atoms with Crippen molar-refractivity contribution in [2.75, 3.05) is 6.54 Å². The largest absolute Gasteiger partial charge is 0.507 e. The summed E-state index contributed by atoms with van der Waals surface area (Å²) in [5.74, 6) is 0.569. The summed E-state index contributed by atoms with van der Waals surface area (Å²) < 4.78 is 0. The van der Waals surface area contributed by atoms with Crippen molar-refractivity contribution < 1.29 is 9.90 Å². The van der Waals surface area contributed by atoms with Crippen LogP contribution in [0.3, 0.4) is 0 Å². The normalized spacial score (nSPS) is 11.9. The lowest BCUT2D eigenvalue weighted by Gasteiger charge is -2.14. The summed E-state index contributed by atoms with van der Waals surface area (Å²) >= 11 is 6.14. The first kappa shape index (κ1) is 19.8. The zero-order valence-electron chi connectivity index (χ0n) is 15.5. The topological polar surface area (TPSA) is 104 Å². The summed E-state index contributed by atoms with van der Waals surface area (Å²) in [4.78, 5) is 12.2. The molecule has 0 fully saturated rings. The Bertz CT molecular complexity index is 930. The molecule has 0 aliphatic carbocycles. The molecule has 0 saturated heterocycles. The van der Waals surface area contributed by atoms with Crippen molar-refractivity contribution in [1.29, 1.82) is 0 Å². The maximum Gasteiger partial charge on any atom is 0.255 e. The number of hydrogen-bond donors (Lipinski definition) is 3. The van der Waals surface area contributed by atoms with Gasteiger partial charge in [0.2, 0.25) is 5.82 Å². The van der Waals surface area contributed by atoms with E-state index >= 15 is 0 Å². The molecule has 1 aromatic heterocycles. The molecule has 146 valence electrons. The van der Waals surface area contributed by atoms with Crippen molar-refractivity contribution >= 4 is 17.5 Å². The maximum absolute atomic E-state index is 12.2. The van der Waals surface area contributed by atoms with Gasteiger partial charge in [0, 0.05) is 17.1 Å². The van der Waals surface area contributed by atoms with Gasteiger partial charge in [0.15, 0.2) is 0 Å². The summed E-state index contributed by atoms with van der Waals surface area (Å²) in [5, 5.41) is 27.5. The number of carbonyl (C=O) groups excluding carboxylic acids is 1. The van der Waals surface area contributed by atoms with Gasteiger partial charge < -0.3 is 10.4 Å². The lowest BCUT2D eigenvalue weighted by atomic mass is 9.97. The van der Waals surface area contributed by atoms with Crippen molar-refractivity contribution in [3.63, 3.8) is 0 Å². The number of nitrogens with one attached hydrogen (secondary N) is 2. The fourth-order valence-electron chi connectivity index (χ4n) is 3.03. The van der Waals surface area contributed by atoms with E-state index in [1.807, 2.05) is 18.2 Å². The molecule has 8 heteroatoms. The Balaban J connectivity index is 1.51. The monoisotopic (exact) mass is 399 g/mol. The van der Waals surface area contributed by atoms with E-state index in [4.69, 9.17) is 11.6 Å². The number of rotatable bonds is 8. The molecule has 0 radical (unpaired) electrons. The molecular formula is C20H22ClN5O2. The average molecular weight is 400 g/mol. The van der Waals surface area contributed by atoms with E-state index < -0.39 is 0 Å². The number of phenols is 1. The summed E-state index contributed by atoms with van der Waals surface area (Å²) in [6.45, 7) is 2.63. The number of aryl methyl sites for hydroxylation is 1. The minimum Gasteiger partial charge on any atom is -0.507 e. The number of carbonyl (C=O) groups is 1. The fourth-order valence-corrected chi connectivity index (χ4v) is 3.23. The molecule has 3 aromatic rings. The predicted octanol–water partition coefficient (Wildman–Crippen LogP) is 3.61. The lowest BCUT2D eigenvalue weighted by molar-refractivity contribution is 0.0944. The van der Waals surface area contributed by atoms with Crippen LogP contribution in [0.2, 0.25) is 5.02 Å². The second-order valence-electron chi connectivity index (χ2n) is 6.76. The predicted molar refractivity (Wildman–Crippen MR) is 107 cm³/mol. The number of para-hydroxylation sites is 1. The van der Waals surface area contributed by atoms with E-state index in [1.165, 1.54) is 6.07 Å². The summed E-state index contributed by atoms with van der Waals surface area (Å²) in [5.41, 5.74) is 2.27. The third-order valence-corrected chi connectivity index (χ3v) is 4.79. The van der Waals surface area contributed by atoms with Gasteiger partial charge in [0.05, 0.1) is 5.56 Å². The minimum absolute atomic E-state index is 0.0115. The van der Waals surface area contributed by atoms with Gasteiger partial charge in [-0.2, -0.15) is 5.21 Å². The highest BCUT2D eigenvalue weighted by Crippen LogP contribution is 2.25. The van der Waals surface area contributed by atoms with Gasteiger partial charge in [-0.25, -0.2) is 0 Å². The van der Waals surface area contributed by atoms with Gasteiger partial charge in [0.25, 0.3) is 5.91 Å². The van der Waals surface area contributed by atoms with Crippen molar-refractivity contribution in [1.82, 2.24) is 25.9 Å². The molecule has 3 N–H and O–H groups in total. The van der Waals surface area contributed by atoms with Crippen LogP contribution in [0.25, 0.3) is 11.4 Å². The SMILES string of the molecule is CC(CCCc1cc(Cl)ccc1-c1nn[nH]n1)CNC(=O)c1ccccc1O. The van der Waals surface area contributed by atoms with E-state index in [-0.39, 0.29) is 11.7 Å². The molecule has 3 rings (SSSR count). The van der Waals surface area contributed by atoms with Gasteiger partial charge in [-0.05, 0) is 66.3 Å². The molecule has 0 saturated carbocycles. The highest BCUT2D eigenvalue weighted by atomic mass is 35.5. The first-order chi connectivity index (χ1) is 13.5. The first-order valence-corrected chi connectivity index (χ1v) is 9.51. The molecule has 2 aromatic carbocycles. The third-order valence-electron chi connectivity index (χ3n) is 4.56. The number of benzene rings is 2. The number of halogens is 1. The van der Waals surface area contributed by atoms with E-state index in [9.17, 15) is 9.90 Å². The van der Waals surface area contributed by atoms with Crippen molar-refractivity contribution in [2.24, 2.45) is 5.92 Å². The number of aromatic hydroxyl groups is 1. The highest BCUT2D eigenvalue weighted by Gasteiger charge is 2.13. The Morgan fingerprint density at radius 3 is 2.86 bits per heavy atom.